The van der Waals surface area contributed by atoms with Gasteiger partial charge < -0.3 is 20.8 Å². The summed E-state index contributed by atoms with van der Waals surface area (Å²) in [6.07, 6.45) is 1.41. The molecule has 2 heterocycles. The zero-order valence-corrected chi connectivity index (χ0v) is 16.8. The highest BCUT2D eigenvalue weighted by atomic mass is 35.5. The maximum Gasteiger partial charge on any atom is 0.287 e. The SMILES string of the molecule is CC(C)C(NC(=O)c1ccco1)C(=O)Nc1ccc(-c2n[nH]c(CN)n2)cc1.Cl. The molecular formula is C19H23ClN6O3. The van der Waals surface area contributed by atoms with Gasteiger partial charge in [0.1, 0.15) is 11.9 Å². The summed E-state index contributed by atoms with van der Waals surface area (Å²) in [5.41, 5.74) is 6.91. The van der Waals surface area contributed by atoms with Crippen LogP contribution < -0.4 is 16.4 Å². The van der Waals surface area contributed by atoms with Crippen molar-refractivity contribution in [1.29, 1.82) is 0 Å². The number of aromatic nitrogens is 3. The molecule has 1 unspecified atom stereocenters. The molecule has 0 bridgehead atoms. The van der Waals surface area contributed by atoms with Crippen molar-refractivity contribution in [3.8, 4) is 11.4 Å². The Hall–Kier alpha value is -3.17. The molecule has 0 aliphatic heterocycles. The van der Waals surface area contributed by atoms with Gasteiger partial charge in [0, 0.05) is 11.3 Å². The van der Waals surface area contributed by atoms with Crippen molar-refractivity contribution in [2.45, 2.75) is 26.4 Å². The van der Waals surface area contributed by atoms with Crippen LogP contribution in [0, 0.1) is 5.92 Å². The van der Waals surface area contributed by atoms with E-state index in [4.69, 9.17) is 10.2 Å². The van der Waals surface area contributed by atoms with E-state index >= 15 is 0 Å². The number of H-pyrrole nitrogens is 1. The van der Waals surface area contributed by atoms with Crippen LogP contribution in [0.5, 0.6) is 0 Å². The number of nitrogens with one attached hydrogen (secondary N) is 3. The molecule has 1 atom stereocenters. The smallest absolute Gasteiger partial charge is 0.287 e. The minimum absolute atomic E-state index is 0. The van der Waals surface area contributed by atoms with E-state index in [1.54, 1.807) is 36.4 Å². The van der Waals surface area contributed by atoms with Gasteiger partial charge in [-0.1, -0.05) is 13.8 Å². The third kappa shape index (κ3) is 5.43. The van der Waals surface area contributed by atoms with Crippen LogP contribution in [0.15, 0.2) is 47.1 Å². The Morgan fingerprint density at radius 1 is 1.21 bits per heavy atom. The number of carbonyl (C=O) groups is 2. The number of hydrogen-bond acceptors (Lipinski definition) is 6. The van der Waals surface area contributed by atoms with Crippen molar-refractivity contribution in [3.05, 3.63) is 54.2 Å². The van der Waals surface area contributed by atoms with Crippen molar-refractivity contribution >= 4 is 29.9 Å². The van der Waals surface area contributed by atoms with E-state index in [-0.39, 0.29) is 36.5 Å². The van der Waals surface area contributed by atoms with Crippen LogP contribution in [0.25, 0.3) is 11.4 Å². The largest absolute Gasteiger partial charge is 0.459 e. The second kappa shape index (κ2) is 9.85. The average molecular weight is 419 g/mol. The second-order valence-corrected chi connectivity index (χ2v) is 6.55. The Morgan fingerprint density at radius 2 is 1.93 bits per heavy atom. The van der Waals surface area contributed by atoms with Crippen LogP contribution in [0.2, 0.25) is 0 Å². The summed E-state index contributed by atoms with van der Waals surface area (Å²) in [7, 11) is 0. The van der Waals surface area contributed by atoms with Crippen LogP contribution in [-0.2, 0) is 11.3 Å². The van der Waals surface area contributed by atoms with Gasteiger partial charge in [-0.2, -0.15) is 5.10 Å². The fourth-order valence-corrected chi connectivity index (χ4v) is 2.59. The summed E-state index contributed by atoms with van der Waals surface area (Å²) in [6.45, 7) is 3.99. The lowest BCUT2D eigenvalue weighted by Gasteiger charge is -2.21. The molecule has 154 valence electrons. The van der Waals surface area contributed by atoms with Gasteiger partial charge in [-0.05, 0) is 42.3 Å². The zero-order chi connectivity index (χ0) is 20.1. The summed E-state index contributed by atoms with van der Waals surface area (Å²) in [4.78, 5) is 29.1. The third-order valence-corrected chi connectivity index (χ3v) is 4.12. The average Bonchev–Trinajstić information content (AvgIpc) is 3.38. The maximum atomic E-state index is 12.7. The maximum absolute atomic E-state index is 12.7. The standard InChI is InChI=1S/C19H22N6O3.ClH/c1-11(2)16(23-18(26)14-4-3-9-28-14)19(27)21-13-7-5-12(6-8-13)17-22-15(10-20)24-25-17;/h3-9,11,16H,10,20H2,1-2H3,(H,21,27)(H,23,26)(H,22,24,25);1H. The summed E-state index contributed by atoms with van der Waals surface area (Å²) in [5, 5.41) is 12.4. The first kappa shape index (κ1) is 22.1. The number of hydrogen-bond donors (Lipinski definition) is 4. The molecule has 2 amide bonds. The van der Waals surface area contributed by atoms with Gasteiger partial charge in [-0.15, -0.1) is 12.4 Å². The summed E-state index contributed by atoms with van der Waals surface area (Å²) >= 11 is 0. The number of nitrogens with two attached hydrogens (primary N) is 1. The topological polar surface area (TPSA) is 139 Å². The number of carbonyl (C=O) groups excluding carboxylic acids is 2. The lowest BCUT2D eigenvalue weighted by molar-refractivity contribution is -0.118. The normalized spacial score (nSPS) is 11.6. The molecule has 0 aliphatic carbocycles. The summed E-state index contributed by atoms with van der Waals surface area (Å²) < 4.78 is 5.07. The second-order valence-electron chi connectivity index (χ2n) is 6.55. The van der Waals surface area contributed by atoms with E-state index in [1.165, 1.54) is 6.26 Å². The van der Waals surface area contributed by atoms with Crippen molar-refractivity contribution in [2.24, 2.45) is 11.7 Å². The fourth-order valence-electron chi connectivity index (χ4n) is 2.59. The molecule has 2 aromatic heterocycles. The van der Waals surface area contributed by atoms with Crippen LogP contribution in [0.4, 0.5) is 5.69 Å². The molecular weight excluding hydrogens is 396 g/mol. The van der Waals surface area contributed by atoms with Crippen molar-refractivity contribution in [3.63, 3.8) is 0 Å². The minimum Gasteiger partial charge on any atom is -0.459 e. The monoisotopic (exact) mass is 418 g/mol. The first-order chi connectivity index (χ1) is 13.5. The van der Waals surface area contributed by atoms with Gasteiger partial charge in [0.25, 0.3) is 5.91 Å². The van der Waals surface area contributed by atoms with Crippen LogP contribution in [-0.4, -0.2) is 33.0 Å². The number of halogens is 1. The number of amides is 2. The van der Waals surface area contributed by atoms with Crippen LogP contribution in [0.3, 0.4) is 0 Å². The first-order valence-electron chi connectivity index (χ1n) is 8.85. The number of furan rings is 1. The number of rotatable bonds is 7. The molecule has 5 N–H and O–H groups in total. The fraction of sp³-hybridized carbons (Fsp3) is 0.263. The Balaban J connectivity index is 0.00000300. The summed E-state index contributed by atoms with van der Waals surface area (Å²) in [6, 6.07) is 9.54. The highest BCUT2D eigenvalue weighted by Crippen LogP contribution is 2.18. The Kier molecular flexibility index (Phi) is 7.52. The number of anilines is 1. The lowest BCUT2D eigenvalue weighted by Crippen LogP contribution is -2.47. The molecule has 0 saturated heterocycles. The van der Waals surface area contributed by atoms with Gasteiger partial charge in [0.15, 0.2) is 11.6 Å². The lowest BCUT2D eigenvalue weighted by atomic mass is 10.0. The first-order valence-corrected chi connectivity index (χ1v) is 8.85. The van der Waals surface area contributed by atoms with Gasteiger partial charge in [0.2, 0.25) is 5.91 Å². The van der Waals surface area contributed by atoms with Crippen molar-refractivity contribution in [1.82, 2.24) is 20.5 Å². The predicted octanol–water partition coefficient (Wildman–Crippen LogP) is 2.34. The molecule has 0 radical (unpaired) electrons. The molecule has 1 aromatic carbocycles. The predicted molar refractivity (Wildman–Crippen MR) is 110 cm³/mol. The molecule has 29 heavy (non-hydrogen) atoms. The third-order valence-electron chi connectivity index (χ3n) is 4.12. The number of aromatic amines is 1. The van der Waals surface area contributed by atoms with E-state index in [9.17, 15) is 9.59 Å². The van der Waals surface area contributed by atoms with E-state index in [0.717, 1.165) is 5.56 Å². The molecule has 0 saturated carbocycles. The Bertz CT molecular complexity index is 937. The Labute approximate surface area is 173 Å². The molecule has 9 nitrogen and oxygen atoms in total. The molecule has 3 rings (SSSR count). The zero-order valence-electron chi connectivity index (χ0n) is 16.0. The summed E-state index contributed by atoms with van der Waals surface area (Å²) in [5.74, 6) is 0.427. The molecule has 0 fully saturated rings. The molecule has 0 aliphatic rings. The van der Waals surface area contributed by atoms with Gasteiger partial charge in [-0.25, -0.2) is 4.98 Å². The van der Waals surface area contributed by atoms with Crippen molar-refractivity contribution in [2.75, 3.05) is 5.32 Å². The molecule has 10 heteroatoms. The van der Waals surface area contributed by atoms with Gasteiger partial charge in [0.05, 0.1) is 12.8 Å². The van der Waals surface area contributed by atoms with E-state index in [1.807, 2.05) is 13.8 Å². The highest BCUT2D eigenvalue weighted by molar-refractivity contribution is 6.00. The van der Waals surface area contributed by atoms with Crippen LogP contribution in [0.1, 0.15) is 30.2 Å². The van der Waals surface area contributed by atoms with E-state index in [0.29, 0.717) is 17.3 Å². The van der Waals surface area contributed by atoms with Gasteiger partial charge in [-0.3, -0.25) is 14.7 Å². The minimum atomic E-state index is -0.711. The van der Waals surface area contributed by atoms with Gasteiger partial charge >= 0.3 is 0 Å². The van der Waals surface area contributed by atoms with Crippen molar-refractivity contribution < 1.29 is 14.0 Å². The number of nitrogens with zero attached hydrogens (tertiary/aromatic N) is 2. The van der Waals surface area contributed by atoms with E-state index < -0.39 is 11.9 Å². The highest BCUT2D eigenvalue weighted by Gasteiger charge is 2.25. The quantitative estimate of drug-likeness (QED) is 0.464. The molecule has 3 aromatic rings. The van der Waals surface area contributed by atoms with Crippen LogP contribution >= 0.6 is 12.4 Å². The molecule has 0 spiro atoms. The van der Waals surface area contributed by atoms with E-state index in [2.05, 4.69) is 25.8 Å². The number of benzene rings is 1. The Morgan fingerprint density at radius 3 is 2.48 bits per heavy atom.